The fraction of sp³-hybridized carbons (Fsp3) is 0.250. The Morgan fingerprint density at radius 1 is 0.882 bits per heavy atom. The first-order chi connectivity index (χ1) is 7.98. The molecule has 17 heavy (non-hydrogen) atoms. The van der Waals surface area contributed by atoms with E-state index in [4.69, 9.17) is 0 Å². The average molecular weight is 228 g/mol. The molecule has 0 spiro atoms. The molecule has 0 aliphatic carbocycles. The summed E-state index contributed by atoms with van der Waals surface area (Å²) < 4.78 is 13.8. The SMILES string of the molecule is CC(C)(C)c1ccc(F)c(-c2ccccc2)c1. The molecule has 88 valence electrons. The summed E-state index contributed by atoms with van der Waals surface area (Å²) in [6.07, 6.45) is 0. The van der Waals surface area contributed by atoms with Crippen LogP contribution in [0.15, 0.2) is 48.5 Å². The summed E-state index contributed by atoms with van der Waals surface area (Å²) in [6.45, 7) is 6.40. The lowest BCUT2D eigenvalue weighted by Gasteiger charge is -2.20. The molecule has 0 aliphatic rings. The molecule has 2 aromatic carbocycles. The van der Waals surface area contributed by atoms with Crippen LogP contribution in [0, 0.1) is 5.82 Å². The Kier molecular flexibility index (Phi) is 3.01. The number of halogens is 1. The van der Waals surface area contributed by atoms with E-state index in [1.807, 2.05) is 42.5 Å². The van der Waals surface area contributed by atoms with Crippen molar-refractivity contribution in [1.29, 1.82) is 0 Å². The third kappa shape index (κ3) is 2.55. The zero-order valence-electron chi connectivity index (χ0n) is 10.5. The van der Waals surface area contributed by atoms with E-state index in [0.717, 1.165) is 11.1 Å². The van der Waals surface area contributed by atoms with E-state index in [1.54, 1.807) is 6.07 Å². The van der Waals surface area contributed by atoms with Crippen LogP contribution in [0.5, 0.6) is 0 Å². The summed E-state index contributed by atoms with van der Waals surface area (Å²) >= 11 is 0. The fourth-order valence-corrected chi connectivity index (χ4v) is 1.83. The number of hydrogen-bond donors (Lipinski definition) is 0. The standard InChI is InChI=1S/C16H17F/c1-16(2,3)13-9-10-15(17)14(11-13)12-7-5-4-6-8-12/h4-11H,1-3H3. The van der Waals surface area contributed by atoms with Crippen molar-refractivity contribution in [3.8, 4) is 11.1 Å². The van der Waals surface area contributed by atoms with Crippen LogP contribution in [0.1, 0.15) is 26.3 Å². The summed E-state index contributed by atoms with van der Waals surface area (Å²) in [5.41, 5.74) is 2.80. The quantitative estimate of drug-likeness (QED) is 0.658. The molecule has 0 saturated heterocycles. The van der Waals surface area contributed by atoms with Gasteiger partial charge >= 0.3 is 0 Å². The van der Waals surface area contributed by atoms with Gasteiger partial charge in [-0.25, -0.2) is 4.39 Å². The lowest BCUT2D eigenvalue weighted by Crippen LogP contribution is -2.11. The van der Waals surface area contributed by atoms with E-state index >= 15 is 0 Å². The molecule has 0 amide bonds. The maximum atomic E-state index is 13.8. The van der Waals surface area contributed by atoms with Gasteiger partial charge in [-0.1, -0.05) is 57.2 Å². The van der Waals surface area contributed by atoms with Crippen molar-refractivity contribution >= 4 is 0 Å². The molecule has 0 atom stereocenters. The van der Waals surface area contributed by atoms with Crippen molar-refractivity contribution in [2.45, 2.75) is 26.2 Å². The fourth-order valence-electron chi connectivity index (χ4n) is 1.83. The van der Waals surface area contributed by atoms with Crippen LogP contribution in [0.3, 0.4) is 0 Å². The Hall–Kier alpha value is -1.63. The van der Waals surface area contributed by atoms with Gasteiger partial charge in [0.1, 0.15) is 5.82 Å². The molecule has 0 nitrogen and oxygen atoms in total. The van der Waals surface area contributed by atoms with Crippen molar-refractivity contribution in [1.82, 2.24) is 0 Å². The van der Waals surface area contributed by atoms with E-state index in [1.165, 1.54) is 0 Å². The molecule has 0 aliphatic heterocycles. The van der Waals surface area contributed by atoms with Gasteiger partial charge in [0.2, 0.25) is 0 Å². The predicted molar refractivity (Wildman–Crippen MR) is 70.5 cm³/mol. The summed E-state index contributed by atoms with van der Waals surface area (Å²) in [4.78, 5) is 0. The van der Waals surface area contributed by atoms with Crippen LogP contribution in [-0.4, -0.2) is 0 Å². The second kappa shape index (κ2) is 4.33. The number of benzene rings is 2. The maximum Gasteiger partial charge on any atom is 0.131 e. The van der Waals surface area contributed by atoms with Gasteiger partial charge in [-0.2, -0.15) is 0 Å². The molecule has 0 aromatic heterocycles. The van der Waals surface area contributed by atoms with Gasteiger partial charge in [-0.05, 0) is 28.7 Å². The largest absolute Gasteiger partial charge is 0.206 e. The van der Waals surface area contributed by atoms with Crippen molar-refractivity contribution < 1.29 is 4.39 Å². The minimum absolute atomic E-state index is 0.0389. The zero-order chi connectivity index (χ0) is 12.5. The van der Waals surface area contributed by atoms with Crippen molar-refractivity contribution in [2.24, 2.45) is 0 Å². The molecule has 0 bridgehead atoms. The molecule has 2 aromatic rings. The van der Waals surface area contributed by atoms with Crippen LogP contribution in [0.4, 0.5) is 4.39 Å². The Morgan fingerprint density at radius 2 is 1.53 bits per heavy atom. The summed E-state index contributed by atoms with van der Waals surface area (Å²) in [5.74, 6) is -0.163. The van der Waals surface area contributed by atoms with E-state index in [9.17, 15) is 4.39 Å². The molecule has 0 fully saturated rings. The van der Waals surface area contributed by atoms with Gasteiger partial charge in [0.05, 0.1) is 0 Å². The zero-order valence-corrected chi connectivity index (χ0v) is 10.5. The molecule has 1 heteroatoms. The first-order valence-corrected chi connectivity index (χ1v) is 5.84. The highest BCUT2D eigenvalue weighted by atomic mass is 19.1. The van der Waals surface area contributed by atoms with Crippen molar-refractivity contribution in [3.63, 3.8) is 0 Å². The van der Waals surface area contributed by atoms with Gasteiger partial charge in [-0.3, -0.25) is 0 Å². The average Bonchev–Trinajstić information content (AvgIpc) is 2.29. The summed E-state index contributed by atoms with van der Waals surface area (Å²) in [6, 6.07) is 15.0. The smallest absolute Gasteiger partial charge is 0.131 e. The third-order valence-electron chi connectivity index (χ3n) is 2.92. The number of rotatable bonds is 1. The van der Waals surface area contributed by atoms with Gasteiger partial charge in [-0.15, -0.1) is 0 Å². The number of hydrogen-bond acceptors (Lipinski definition) is 0. The monoisotopic (exact) mass is 228 g/mol. The van der Waals surface area contributed by atoms with Gasteiger partial charge in [0.25, 0.3) is 0 Å². The normalized spacial score (nSPS) is 11.5. The van der Waals surface area contributed by atoms with Crippen LogP contribution in [-0.2, 0) is 5.41 Å². The lowest BCUT2D eigenvalue weighted by atomic mass is 9.85. The van der Waals surface area contributed by atoms with Gasteiger partial charge in [0, 0.05) is 5.56 Å². The Bertz CT molecular complexity index is 507. The molecule has 0 N–H and O–H groups in total. The highest BCUT2D eigenvalue weighted by Gasteiger charge is 2.16. The van der Waals surface area contributed by atoms with Crippen LogP contribution in [0.2, 0.25) is 0 Å². The molecular weight excluding hydrogens is 211 g/mol. The van der Waals surface area contributed by atoms with E-state index in [-0.39, 0.29) is 11.2 Å². The maximum absolute atomic E-state index is 13.8. The highest BCUT2D eigenvalue weighted by molar-refractivity contribution is 5.65. The molecule has 0 unspecified atom stereocenters. The second-order valence-electron chi connectivity index (χ2n) is 5.31. The van der Waals surface area contributed by atoms with Crippen LogP contribution >= 0.6 is 0 Å². The lowest BCUT2D eigenvalue weighted by molar-refractivity contribution is 0.584. The van der Waals surface area contributed by atoms with Crippen molar-refractivity contribution in [2.75, 3.05) is 0 Å². The molecule has 0 saturated carbocycles. The van der Waals surface area contributed by atoms with Crippen LogP contribution < -0.4 is 0 Å². The molecular formula is C16H17F. The predicted octanol–water partition coefficient (Wildman–Crippen LogP) is 4.79. The van der Waals surface area contributed by atoms with E-state index < -0.39 is 0 Å². The summed E-state index contributed by atoms with van der Waals surface area (Å²) in [5, 5.41) is 0. The van der Waals surface area contributed by atoms with Crippen LogP contribution in [0.25, 0.3) is 11.1 Å². The van der Waals surface area contributed by atoms with Gasteiger partial charge < -0.3 is 0 Å². The van der Waals surface area contributed by atoms with Gasteiger partial charge in [0.15, 0.2) is 0 Å². The summed E-state index contributed by atoms with van der Waals surface area (Å²) in [7, 11) is 0. The molecule has 2 rings (SSSR count). The van der Waals surface area contributed by atoms with E-state index in [2.05, 4.69) is 20.8 Å². The molecule has 0 heterocycles. The Labute approximate surface area is 102 Å². The first-order valence-electron chi connectivity index (χ1n) is 5.84. The Morgan fingerprint density at radius 3 is 2.12 bits per heavy atom. The topological polar surface area (TPSA) is 0 Å². The highest BCUT2D eigenvalue weighted by Crippen LogP contribution is 2.29. The molecule has 0 radical (unpaired) electrons. The van der Waals surface area contributed by atoms with Crippen molar-refractivity contribution in [3.05, 3.63) is 59.9 Å². The third-order valence-corrected chi connectivity index (χ3v) is 2.92. The Balaban J connectivity index is 2.55. The van der Waals surface area contributed by atoms with E-state index in [0.29, 0.717) is 5.56 Å². The first kappa shape index (κ1) is 11.8. The minimum Gasteiger partial charge on any atom is -0.206 e. The second-order valence-corrected chi connectivity index (χ2v) is 5.31. The minimum atomic E-state index is -0.163.